The summed E-state index contributed by atoms with van der Waals surface area (Å²) in [4.78, 5) is 0.832. The highest BCUT2D eigenvalue weighted by Crippen LogP contribution is 2.14. The van der Waals surface area contributed by atoms with E-state index in [1.54, 1.807) is 0 Å². The van der Waals surface area contributed by atoms with Crippen LogP contribution in [-0.2, 0) is 10.8 Å². The first-order valence-electron chi connectivity index (χ1n) is 5.51. The molecule has 0 aliphatic heterocycles. The van der Waals surface area contributed by atoms with E-state index in [0.29, 0.717) is 5.75 Å². The van der Waals surface area contributed by atoms with Crippen LogP contribution in [0.5, 0.6) is 0 Å². The van der Waals surface area contributed by atoms with Crippen LogP contribution >= 0.6 is 0 Å². The lowest BCUT2D eigenvalue weighted by molar-refractivity contribution is 0.675. The first-order valence-corrected chi connectivity index (χ1v) is 6.83. The van der Waals surface area contributed by atoms with Crippen molar-refractivity contribution >= 4 is 10.8 Å². The van der Waals surface area contributed by atoms with Crippen LogP contribution in [0.4, 0.5) is 0 Å². The summed E-state index contributed by atoms with van der Waals surface area (Å²) in [5.74, 6) is 0.452. The van der Waals surface area contributed by atoms with Gasteiger partial charge in [-0.3, -0.25) is 4.21 Å². The Labute approximate surface area is 104 Å². The van der Waals surface area contributed by atoms with Crippen molar-refractivity contribution < 1.29 is 4.21 Å². The van der Waals surface area contributed by atoms with Crippen molar-refractivity contribution in [3.8, 4) is 0 Å². The quantitative estimate of drug-likeness (QED) is 0.899. The fourth-order valence-corrected chi connectivity index (χ4v) is 2.80. The average molecular weight is 245 g/mol. The number of hydrogen-bond acceptors (Lipinski definition) is 2. The summed E-state index contributed by atoms with van der Waals surface area (Å²) in [7, 11) is -1.04. The average Bonchev–Trinajstić information content (AvgIpc) is 2.40. The molecule has 0 radical (unpaired) electrons. The molecule has 0 fully saturated rings. The normalized spacial score (nSPS) is 14.2. The van der Waals surface area contributed by atoms with Gasteiger partial charge in [-0.25, -0.2) is 0 Å². The third kappa shape index (κ3) is 3.25. The molecule has 2 aromatic carbocycles. The minimum Gasteiger partial charge on any atom is -0.323 e. The number of benzene rings is 2. The monoisotopic (exact) mass is 245 g/mol. The summed E-state index contributed by atoms with van der Waals surface area (Å²) in [6, 6.07) is 19.0. The highest BCUT2D eigenvalue weighted by molar-refractivity contribution is 7.85. The Morgan fingerprint density at radius 2 is 1.47 bits per heavy atom. The van der Waals surface area contributed by atoms with E-state index in [4.69, 9.17) is 5.73 Å². The van der Waals surface area contributed by atoms with E-state index in [0.717, 1.165) is 10.5 Å². The van der Waals surface area contributed by atoms with Crippen LogP contribution in [0.15, 0.2) is 65.6 Å². The van der Waals surface area contributed by atoms with E-state index in [-0.39, 0.29) is 6.04 Å². The maximum atomic E-state index is 12.1. The summed E-state index contributed by atoms with van der Waals surface area (Å²) in [5, 5.41) is 0. The predicted molar refractivity (Wildman–Crippen MR) is 71.1 cm³/mol. The van der Waals surface area contributed by atoms with Crippen LogP contribution in [0.1, 0.15) is 11.6 Å². The number of rotatable bonds is 4. The van der Waals surface area contributed by atoms with Crippen LogP contribution in [0.25, 0.3) is 0 Å². The van der Waals surface area contributed by atoms with Crippen molar-refractivity contribution in [3.05, 3.63) is 66.2 Å². The molecule has 0 aliphatic carbocycles. The highest BCUT2D eigenvalue weighted by atomic mass is 32.2. The standard InChI is InChI=1S/C14H15NOS/c15-14(12-7-3-1-4-8-12)11-17(16)13-9-5-2-6-10-13/h1-10,14H,11,15H2. The smallest absolute Gasteiger partial charge is 0.0548 e. The summed E-state index contributed by atoms with van der Waals surface area (Å²) >= 11 is 0. The molecule has 0 amide bonds. The molecule has 88 valence electrons. The fourth-order valence-electron chi connectivity index (χ4n) is 1.63. The van der Waals surface area contributed by atoms with Gasteiger partial charge in [-0.2, -0.15) is 0 Å². The predicted octanol–water partition coefficient (Wildman–Crippen LogP) is 2.49. The van der Waals surface area contributed by atoms with Crippen LogP contribution in [0.2, 0.25) is 0 Å². The minimum atomic E-state index is -1.04. The highest BCUT2D eigenvalue weighted by Gasteiger charge is 2.11. The molecular formula is C14H15NOS. The van der Waals surface area contributed by atoms with Gasteiger partial charge in [0.05, 0.1) is 10.8 Å². The Balaban J connectivity index is 2.05. The van der Waals surface area contributed by atoms with Gasteiger partial charge >= 0.3 is 0 Å². The molecule has 2 N–H and O–H groups in total. The van der Waals surface area contributed by atoms with Gasteiger partial charge in [0, 0.05) is 16.7 Å². The van der Waals surface area contributed by atoms with Crippen LogP contribution < -0.4 is 5.73 Å². The molecule has 0 bridgehead atoms. The zero-order valence-electron chi connectivity index (χ0n) is 9.45. The largest absolute Gasteiger partial charge is 0.323 e. The number of nitrogens with two attached hydrogens (primary N) is 1. The Hall–Kier alpha value is -1.45. The summed E-state index contributed by atoms with van der Waals surface area (Å²) in [5.41, 5.74) is 7.06. The molecule has 0 heterocycles. The van der Waals surface area contributed by atoms with E-state index in [1.807, 2.05) is 60.7 Å². The molecule has 0 saturated carbocycles. The second-order valence-corrected chi connectivity index (χ2v) is 5.34. The first-order chi connectivity index (χ1) is 8.27. The van der Waals surface area contributed by atoms with Crippen LogP contribution in [-0.4, -0.2) is 9.96 Å². The molecule has 2 unspecified atom stereocenters. The zero-order valence-corrected chi connectivity index (χ0v) is 10.3. The fraction of sp³-hybridized carbons (Fsp3) is 0.143. The first kappa shape index (κ1) is 12.0. The molecule has 2 aromatic rings. The zero-order chi connectivity index (χ0) is 12.1. The third-order valence-electron chi connectivity index (χ3n) is 2.56. The van der Waals surface area contributed by atoms with Gasteiger partial charge in [0.1, 0.15) is 0 Å². The van der Waals surface area contributed by atoms with E-state index >= 15 is 0 Å². The maximum absolute atomic E-state index is 12.1. The lowest BCUT2D eigenvalue weighted by Crippen LogP contribution is -2.18. The summed E-state index contributed by atoms with van der Waals surface area (Å²) < 4.78 is 12.1. The molecule has 0 aliphatic rings. The third-order valence-corrected chi connectivity index (χ3v) is 4.02. The Bertz CT molecular complexity index is 484. The SMILES string of the molecule is NC(CS(=O)c1ccccc1)c1ccccc1. The van der Waals surface area contributed by atoms with Crippen LogP contribution in [0, 0.1) is 0 Å². The van der Waals surface area contributed by atoms with Gasteiger partial charge in [0.25, 0.3) is 0 Å². The molecular weight excluding hydrogens is 230 g/mol. The number of hydrogen-bond donors (Lipinski definition) is 1. The van der Waals surface area contributed by atoms with Crippen molar-refractivity contribution in [2.24, 2.45) is 5.73 Å². The van der Waals surface area contributed by atoms with Crippen molar-refractivity contribution in [2.45, 2.75) is 10.9 Å². The van der Waals surface area contributed by atoms with E-state index < -0.39 is 10.8 Å². The molecule has 2 rings (SSSR count). The second kappa shape index (κ2) is 5.75. The van der Waals surface area contributed by atoms with Crippen molar-refractivity contribution in [2.75, 3.05) is 5.75 Å². The molecule has 0 spiro atoms. The van der Waals surface area contributed by atoms with Gasteiger partial charge in [-0.1, -0.05) is 48.5 Å². The van der Waals surface area contributed by atoms with Crippen molar-refractivity contribution in [1.29, 1.82) is 0 Å². The summed E-state index contributed by atoms with van der Waals surface area (Å²) in [6.45, 7) is 0. The second-order valence-electron chi connectivity index (χ2n) is 3.84. The van der Waals surface area contributed by atoms with E-state index in [1.165, 1.54) is 0 Å². The van der Waals surface area contributed by atoms with Crippen molar-refractivity contribution in [1.82, 2.24) is 0 Å². The Morgan fingerprint density at radius 1 is 0.941 bits per heavy atom. The molecule has 2 nitrogen and oxygen atoms in total. The Morgan fingerprint density at radius 3 is 2.06 bits per heavy atom. The molecule has 0 aromatic heterocycles. The topological polar surface area (TPSA) is 43.1 Å². The van der Waals surface area contributed by atoms with Gasteiger partial charge in [0.15, 0.2) is 0 Å². The molecule has 2 atom stereocenters. The lowest BCUT2D eigenvalue weighted by atomic mass is 10.1. The van der Waals surface area contributed by atoms with Gasteiger partial charge in [-0.05, 0) is 17.7 Å². The van der Waals surface area contributed by atoms with Crippen molar-refractivity contribution in [3.63, 3.8) is 0 Å². The van der Waals surface area contributed by atoms with Gasteiger partial charge < -0.3 is 5.73 Å². The minimum absolute atomic E-state index is 0.183. The maximum Gasteiger partial charge on any atom is 0.0548 e. The molecule has 3 heteroatoms. The van der Waals surface area contributed by atoms with E-state index in [2.05, 4.69) is 0 Å². The van der Waals surface area contributed by atoms with Crippen LogP contribution in [0.3, 0.4) is 0 Å². The Kier molecular flexibility index (Phi) is 4.07. The van der Waals surface area contributed by atoms with Gasteiger partial charge in [0.2, 0.25) is 0 Å². The molecule has 17 heavy (non-hydrogen) atoms. The van der Waals surface area contributed by atoms with Gasteiger partial charge in [-0.15, -0.1) is 0 Å². The van der Waals surface area contributed by atoms with E-state index in [9.17, 15) is 4.21 Å². The lowest BCUT2D eigenvalue weighted by Gasteiger charge is -2.11. The summed E-state index contributed by atoms with van der Waals surface area (Å²) in [6.07, 6.45) is 0. The molecule has 0 saturated heterocycles.